The van der Waals surface area contributed by atoms with Crippen molar-refractivity contribution in [3.63, 3.8) is 0 Å². The highest BCUT2D eigenvalue weighted by Gasteiger charge is 2.26. The Labute approximate surface area is 161 Å². The van der Waals surface area contributed by atoms with E-state index in [1.807, 2.05) is 35.5 Å². The van der Waals surface area contributed by atoms with E-state index in [0.717, 1.165) is 22.7 Å². The van der Waals surface area contributed by atoms with Crippen LogP contribution >= 0.6 is 0 Å². The standard InChI is InChI=1S/C21H19N5O2/c27-21(18-7-4-14-28-18)25-12-10-24(11-13-25)19-20-22-8-9-26(20)17(15-23-19)16-5-2-1-3-6-16/h1-9,14-15H,10-13H2. The number of nitrogens with zero attached hydrogens (tertiary/aromatic N) is 5. The molecule has 0 unspecified atom stereocenters. The lowest BCUT2D eigenvalue weighted by Crippen LogP contribution is -2.49. The minimum atomic E-state index is -0.0667. The van der Waals surface area contributed by atoms with Gasteiger partial charge in [0.25, 0.3) is 5.91 Å². The van der Waals surface area contributed by atoms with Gasteiger partial charge in [-0.25, -0.2) is 9.97 Å². The van der Waals surface area contributed by atoms with Gasteiger partial charge in [0, 0.05) is 44.1 Å². The van der Waals surface area contributed by atoms with Gasteiger partial charge in [-0.2, -0.15) is 0 Å². The molecule has 0 N–H and O–H groups in total. The third-order valence-corrected chi connectivity index (χ3v) is 5.08. The largest absolute Gasteiger partial charge is 0.459 e. The molecule has 28 heavy (non-hydrogen) atoms. The van der Waals surface area contributed by atoms with Gasteiger partial charge in [-0.1, -0.05) is 30.3 Å². The highest BCUT2D eigenvalue weighted by molar-refractivity contribution is 5.91. The Balaban J connectivity index is 1.39. The van der Waals surface area contributed by atoms with E-state index in [1.54, 1.807) is 18.3 Å². The van der Waals surface area contributed by atoms with Gasteiger partial charge in [-0.05, 0) is 12.1 Å². The molecule has 0 radical (unpaired) electrons. The van der Waals surface area contributed by atoms with E-state index in [4.69, 9.17) is 9.40 Å². The number of imidazole rings is 1. The van der Waals surface area contributed by atoms with Crippen molar-refractivity contribution in [2.24, 2.45) is 0 Å². The van der Waals surface area contributed by atoms with Gasteiger partial charge in [0.1, 0.15) is 0 Å². The normalized spacial score (nSPS) is 14.6. The smallest absolute Gasteiger partial charge is 0.289 e. The number of hydrogen-bond acceptors (Lipinski definition) is 5. The molecule has 1 saturated heterocycles. The van der Waals surface area contributed by atoms with Crippen LogP contribution in [0.1, 0.15) is 10.6 Å². The lowest BCUT2D eigenvalue weighted by atomic mass is 10.1. The van der Waals surface area contributed by atoms with Gasteiger partial charge in [-0.15, -0.1) is 0 Å². The number of amides is 1. The fourth-order valence-electron chi connectivity index (χ4n) is 3.63. The number of carbonyl (C=O) groups is 1. The van der Waals surface area contributed by atoms with E-state index >= 15 is 0 Å². The zero-order chi connectivity index (χ0) is 18.9. The first-order valence-electron chi connectivity index (χ1n) is 9.26. The van der Waals surface area contributed by atoms with Crippen LogP contribution in [0.5, 0.6) is 0 Å². The Hall–Kier alpha value is -3.61. The number of rotatable bonds is 3. The summed E-state index contributed by atoms with van der Waals surface area (Å²) in [5.41, 5.74) is 2.93. The van der Waals surface area contributed by atoms with Gasteiger partial charge < -0.3 is 14.2 Å². The van der Waals surface area contributed by atoms with Crippen molar-refractivity contribution in [1.82, 2.24) is 19.3 Å². The average molecular weight is 373 g/mol. The van der Waals surface area contributed by atoms with Gasteiger partial charge in [-0.3, -0.25) is 9.20 Å². The molecule has 1 aliphatic rings. The Kier molecular flexibility index (Phi) is 4.05. The zero-order valence-corrected chi connectivity index (χ0v) is 15.2. The predicted octanol–water partition coefficient (Wildman–Crippen LogP) is 2.95. The zero-order valence-electron chi connectivity index (χ0n) is 15.2. The minimum absolute atomic E-state index is 0.0667. The van der Waals surface area contributed by atoms with Gasteiger partial charge >= 0.3 is 0 Å². The monoisotopic (exact) mass is 373 g/mol. The van der Waals surface area contributed by atoms with Crippen LogP contribution < -0.4 is 4.90 Å². The van der Waals surface area contributed by atoms with Gasteiger partial charge in [0.05, 0.1) is 18.2 Å². The SMILES string of the molecule is O=C(c1ccco1)N1CCN(c2ncc(-c3ccccc3)n3ccnc23)CC1. The van der Waals surface area contributed by atoms with Crippen LogP contribution in [-0.2, 0) is 0 Å². The molecular weight excluding hydrogens is 354 g/mol. The number of fused-ring (bicyclic) bond motifs is 1. The van der Waals surface area contributed by atoms with E-state index in [1.165, 1.54) is 6.26 Å². The quantitative estimate of drug-likeness (QED) is 0.552. The summed E-state index contributed by atoms with van der Waals surface area (Å²) in [7, 11) is 0. The van der Waals surface area contributed by atoms with Crippen LogP contribution in [0.25, 0.3) is 16.9 Å². The van der Waals surface area contributed by atoms with Crippen molar-refractivity contribution in [3.8, 4) is 11.3 Å². The van der Waals surface area contributed by atoms with Crippen LogP contribution in [0, 0.1) is 0 Å². The Bertz CT molecular complexity index is 1100. The van der Waals surface area contributed by atoms with E-state index < -0.39 is 0 Å². The third kappa shape index (κ3) is 2.81. The summed E-state index contributed by atoms with van der Waals surface area (Å²) in [6.45, 7) is 2.64. The van der Waals surface area contributed by atoms with Crippen LogP contribution in [0.3, 0.4) is 0 Å². The molecule has 140 valence electrons. The van der Waals surface area contributed by atoms with Crippen molar-refractivity contribution in [2.75, 3.05) is 31.1 Å². The van der Waals surface area contributed by atoms with Crippen molar-refractivity contribution in [2.45, 2.75) is 0 Å². The number of furan rings is 1. The summed E-state index contributed by atoms with van der Waals surface area (Å²) in [5, 5.41) is 0. The molecule has 3 aromatic heterocycles. The average Bonchev–Trinajstić information content (AvgIpc) is 3.46. The number of benzene rings is 1. The van der Waals surface area contributed by atoms with Crippen LogP contribution in [0.2, 0.25) is 0 Å². The molecule has 0 spiro atoms. The van der Waals surface area contributed by atoms with Crippen LogP contribution in [0.15, 0.2) is 71.7 Å². The number of piperazine rings is 1. The fourth-order valence-corrected chi connectivity index (χ4v) is 3.63. The maximum absolute atomic E-state index is 12.5. The summed E-state index contributed by atoms with van der Waals surface area (Å²) in [6.07, 6.45) is 7.17. The van der Waals surface area contributed by atoms with Gasteiger partial charge in [0.2, 0.25) is 0 Å². The molecule has 5 rings (SSSR count). The molecule has 7 nitrogen and oxygen atoms in total. The van der Waals surface area contributed by atoms with E-state index in [2.05, 4.69) is 26.4 Å². The fraction of sp³-hybridized carbons (Fsp3) is 0.190. The molecule has 1 aliphatic heterocycles. The molecule has 1 fully saturated rings. The molecule has 0 atom stereocenters. The summed E-state index contributed by atoms with van der Waals surface area (Å²) in [4.78, 5) is 25.7. The maximum Gasteiger partial charge on any atom is 0.289 e. The minimum Gasteiger partial charge on any atom is -0.459 e. The number of anilines is 1. The Morgan fingerprint density at radius 3 is 2.54 bits per heavy atom. The number of hydrogen-bond donors (Lipinski definition) is 0. The molecule has 4 aromatic rings. The molecule has 0 saturated carbocycles. The third-order valence-electron chi connectivity index (χ3n) is 5.08. The van der Waals surface area contributed by atoms with Crippen molar-refractivity contribution in [1.29, 1.82) is 0 Å². The predicted molar refractivity (Wildman–Crippen MR) is 105 cm³/mol. The van der Waals surface area contributed by atoms with Crippen LogP contribution in [-0.4, -0.2) is 51.4 Å². The number of aromatic nitrogens is 3. The van der Waals surface area contributed by atoms with Crippen molar-refractivity contribution < 1.29 is 9.21 Å². The Morgan fingerprint density at radius 1 is 0.964 bits per heavy atom. The van der Waals surface area contributed by atoms with E-state index in [-0.39, 0.29) is 5.91 Å². The van der Waals surface area contributed by atoms with E-state index in [9.17, 15) is 4.79 Å². The lowest BCUT2D eigenvalue weighted by Gasteiger charge is -2.35. The first-order chi connectivity index (χ1) is 13.8. The van der Waals surface area contributed by atoms with Crippen LogP contribution in [0.4, 0.5) is 5.82 Å². The highest BCUT2D eigenvalue weighted by Crippen LogP contribution is 2.26. The highest BCUT2D eigenvalue weighted by atomic mass is 16.3. The number of carbonyl (C=O) groups excluding carboxylic acids is 1. The molecule has 1 aromatic carbocycles. The Morgan fingerprint density at radius 2 is 1.79 bits per heavy atom. The molecule has 0 bridgehead atoms. The molecule has 0 aliphatic carbocycles. The first kappa shape index (κ1) is 16.6. The summed E-state index contributed by atoms with van der Waals surface area (Å²) in [6, 6.07) is 13.6. The first-order valence-corrected chi connectivity index (χ1v) is 9.26. The summed E-state index contributed by atoms with van der Waals surface area (Å²) >= 11 is 0. The van der Waals surface area contributed by atoms with Gasteiger partial charge in [0.15, 0.2) is 17.2 Å². The molecule has 4 heterocycles. The molecular formula is C21H19N5O2. The molecule has 7 heteroatoms. The van der Waals surface area contributed by atoms with E-state index in [0.29, 0.717) is 31.9 Å². The second kappa shape index (κ2) is 6.84. The second-order valence-corrected chi connectivity index (χ2v) is 6.71. The topological polar surface area (TPSA) is 66.9 Å². The lowest BCUT2D eigenvalue weighted by molar-refractivity contribution is 0.0714. The van der Waals surface area contributed by atoms with Crippen molar-refractivity contribution >= 4 is 17.4 Å². The summed E-state index contributed by atoms with van der Waals surface area (Å²) in [5.74, 6) is 1.16. The molecule has 1 amide bonds. The summed E-state index contributed by atoms with van der Waals surface area (Å²) < 4.78 is 7.30. The second-order valence-electron chi connectivity index (χ2n) is 6.71. The van der Waals surface area contributed by atoms with Crippen molar-refractivity contribution in [3.05, 3.63) is 73.1 Å². The maximum atomic E-state index is 12.5.